The van der Waals surface area contributed by atoms with Gasteiger partial charge in [-0.15, -0.1) is 11.3 Å². The third kappa shape index (κ3) is 4.24. The maximum absolute atomic E-state index is 12.6. The summed E-state index contributed by atoms with van der Waals surface area (Å²) in [5.41, 5.74) is 1.63. The van der Waals surface area contributed by atoms with Crippen LogP contribution >= 0.6 is 11.3 Å². The summed E-state index contributed by atoms with van der Waals surface area (Å²) in [4.78, 5) is 32.9. The maximum atomic E-state index is 12.6. The van der Waals surface area contributed by atoms with Crippen molar-refractivity contribution in [1.29, 1.82) is 0 Å². The number of anilines is 1. The molecule has 0 aliphatic rings. The fraction of sp³-hybridized carbons (Fsp3) is 0.278. The van der Waals surface area contributed by atoms with Crippen LogP contribution in [0, 0.1) is 5.92 Å². The monoisotopic (exact) mass is 356 g/mol. The zero-order chi connectivity index (χ0) is 17.8. The Labute approximate surface area is 149 Å². The molecule has 0 aliphatic carbocycles. The normalized spacial score (nSPS) is 12.3. The number of nitrogens with one attached hydrogen (secondary N) is 3. The van der Waals surface area contributed by atoms with Crippen molar-refractivity contribution in [3.05, 3.63) is 46.7 Å². The van der Waals surface area contributed by atoms with Crippen molar-refractivity contribution in [1.82, 2.24) is 15.3 Å². The molecule has 0 fully saturated rings. The minimum atomic E-state index is -0.622. The summed E-state index contributed by atoms with van der Waals surface area (Å²) < 4.78 is 0. The third-order valence-corrected chi connectivity index (χ3v) is 4.57. The van der Waals surface area contributed by atoms with Crippen LogP contribution in [0.1, 0.15) is 29.9 Å². The van der Waals surface area contributed by atoms with Gasteiger partial charge in [0.1, 0.15) is 6.04 Å². The van der Waals surface area contributed by atoms with Gasteiger partial charge in [0.15, 0.2) is 0 Å². The predicted octanol–water partition coefficient (Wildman–Crippen LogP) is 3.41. The van der Waals surface area contributed by atoms with Gasteiger partial charge in [-0.3, -0.25) is 14.9 Å². The lowest BCUT2D eigenvalue weighted by Crippen LogP contribution is -2.44. The Hall–Kier alpha value is -2.67. The van der Waals surface area contributed by atoms with Crippen LogP contribution in [0.2, 0.25) is 0 Å². The quantitative estimate of drug-likeness (QED) is 0.632. The van der Waals surface area contributed by atoms with Crippen LogP contribution in [0.25, 0.3) is 11.0 Å². The topological polar surface area (TPSA) is 86.9 Å². The molecule has 0 unspecified atom stereocenters. The van der Waals surface area contributed by atoms with Gasteiger partial charge < -0.3 is 10.3 Å². The van der Waals surface area contributed by atoms with Gasteiger partial charge in [-0.2, -0.15) is 0 Å². The lowest BCUT2D eigenvalue weighted by molar-refractivity contribution is -0.118. The van der Waals surface area contributed by atoms with Gasteiger partial charge >= 0.3 is 0 Å². The SMILES string of the molecule is CC(C)C[C@H](NC(=O)c1cccs1)C(=O)Nc1nc2ccccc2[nH]1. The predicted molar refractivity (Wildman–Crippen MR) is 99.8 cm³/mol. The molecule has 0 aliphatic heterocycles. The van der Waals surface area contributed by atoms with Crippen molar-refractivity contribution >= 4 is 40.1 Å². The summed E-state index contributed by atoms with van der Waals surface area (Å²) in [6.07, 6.45) is 0.545. The van der Waals surface area contributed by atoms with E-state index in [1.807, 2.05) is 49.6 Å². The molecule has 3 aromatic rings. The minimum absolute atomic E-state index is 0.236. The Kier molecular flexibility index (Phi) is 5.14. The zero-order valence-corrected chi connectivity index (χ0v) is 14.9. The molecule has 130 valence electrons. The number of para-hydroxylation sites is 2. The van der Waals surface area contributed by atoms with Crippen molar-refractivity contribution in [2.24, 2.45) is 5.92 Å². The van der Waals surface area contributed by atoms with E-state index in [1.165, 1.54) is 11.3 Å². The molecular formula is C18H20N4O2S. The average Bonchev–Trinajstić information content (AvgIpc) is 3.22. The number of fused-ring (bicyclic) bond motifs is 1. The van der Waals surface area contributed by atoms with Crippen LogP contribution in [-0.4, -0.2) is 27.8 Å². The number of rotatable bonds is 6. The number of aromatic amines is 1. The first-order valence-electron chi connectivity index (χ1n) is 8.13. The van der Waals surface area contributed by atoms with Crippen LogP contribution in [0.5, 0.6) is 0 Å². The van der Waals surface area contributed by atoms with E-state index >= 15 is 0 Å². The van der Waals surface area contributed by atoms with Crippen molar-refractivity contribution in [2.45, 2.75) is 26.3 Å². The Morgan fingerprint density at radius 2 is 2.00 bits per heavy atom. The summed E-state index contributed by atoms with van der Waals surface area (Å²) in [6.45, 7) is 4.03. The molecule has 3 rings (SSSR count). The number of hydrogen-bond donors (Lipinski definition) is 3. The van der Waals surface area contributed by atoms with Crippen LogP contribution < -0.4 is 10.6 Å². The first-order chi connectivity index (χ1) is 12.0. The minimum Gasteiger partial charge on any atom is -0.340 e. The molecule has 0 spiro atoms. The molecule has 2 aromatic heterocycles. The highest BCUT2D eigenvalue weighted by Gasteiger charge is 2.23. The van der Waals surface area contributed by atoms with E-state index in [1.54, 1.807) is 6.07 Å². The third-order valence-electron chi connectivity index (χ3n) is 3.70. The van der Waals surface area contributed by atoms with Gasteiger partial charge in [0.2, 0.25) is 11.9 Å². The number of aromatic nitrogens is 2. The van der Waals surface area contributed by atoms with E-state index in [9.17, 15) is 9.59 Å². The number of nitrogens with zero attached hydrogens (tertiary/aromatic N) is 1. The van der Waals surface area contributed by atoms with Gasteiger partial charge in [-0.1, -0.05) is 32.0 Å². The van der Waals surface area contributed by atoms with Crippen molar-refractivity contribution in [3.8, 4) is 0 Å². The van der Waals surface area contributed by atoms with E-state index in [-0.39, 0.29) is 17.7 Å². The Bertz CT molecular complexity index is 837. The molecule has 3 N–H and O–H groups in total. The second-order valence-corrected chi connectivity index (χ2v) is 7.17. The van der Waals surface area contributed by atoms with Gasteiger partial charge in [0.05, 0.1) is 15.9 Å². The van der Waals surface area contributed by atoms with Gasteiger partial charge in [0, 0.05) is 0 Å². The maximum Gasteiger partial charge on any atom is 0.261 e. The molecule has 0 saturated carbocycles. The van der Waals surface area contributed by atoms with Gasteiger partial charge in [-0.05, 0) is 35.9 Å². The largest absolute Gasteiger partial charge is 0.340 e. The highest BCUT2D eigenvalue weighted by Crippen LogP contribution is 2.15. The molecule has 1 aromatic carbocycles. The molecule has 1 atom stereocenters. The smallest absolute Gasteiger partial charge is 0.261 e. The molecule has 0 bridgehead atoms. The lowest BCUT2D eigenvalue weighted by atomic mass is 10.0. The number of H-pyrrole nitrogens is 1. The number of amides is 2. The Morgan fingerprint density at radius 1 is 1.20 bits per heavy atom. The Balaban J connectivity index is 1.73. The lowest BCUT2D eigenvalue weighted by Gasteiger charge is -2.19. The van der Waals surface area contributed by atoms with Crippen LogP contribution in [-0.2, 0) is 4.79 Å². The second-order valence-electron chi connectivity index (χ2n) is 6.22. The molecular weight excluding hydrogens is 336 g/mol. The summed E-state index contributed by atoms with van der Waals surface area (Å²) in [5.74, 6) is 0.124. The van der Waals surface area contributed by atoms with Crippen molar-refractivity contribution < 1.29 is 9.59 Å². The Morgan fingerprint density at radius 3 is 2.68 bits per heavy atom. The number of hydrogen-bond acceptors (Lipinski definition) is 4. The van der Waals surface area contributed by atoms with Crippen LogP contribution in [0.3, 0.4) is 0 Å². The molecule has 25 heavy (non-hydrogen) atoms. The molecule has 0 saturated heterocycles. The highest BCUT2D eigenvalue weighted by molar-refractivity contribution is 7.12. The van der Waals surface area contributed by atoms with Crippen molar-refractivity contribution in [3.63, 3.8) is 0 Å². The fourth-order valence-corrected chi connectivity index (χ4v) is 3.18. The fourth-order valence-electron chi connectivity index (χ4n) is 2.56. The number of carbonyl (C=O) groups is 2. The van der Waals surface area contributed by atoms with E-state index in [2.05, 4.69) is 20.6 Å². The van der Waals surface area contributed by atoms with E-state index in [4.69, 9.17) is 0 Å². The van der Waals surface area contributed by atoms with E-state index < -0.39 is 6.04 Å². The first kappa shape index (κ1) is 17.2. The van der Waals surface area contributed by atoms with Gasteiger partial charge in [-0.25, -0.2) is 4.98 Å². The van der Waals surface area contributed by atoms with Crippen LogP contribution in [0.4, 0.5) is 5.95 Å². The summed E-state index contributed by atoms with van der Waals surface area (Å²) >= 11 is 1.35. The number of thiophene rings is 1. The van der Waals surface area contributed by atoms with E-state index in [0.717, 1.165) is 11.0 Å². The zero-order valence-electron chi connectivity index (χ0n) is 14.1. The number of benzene rings is 1. The standard InChI is InChI=1S/C18H20N4O2S/c1-11(2)10-14(19-17(24)15-8-5-9-25-15)16(23)22-18-20-12-6-3-4-7-13(12)21-18/h3-9,11,14H,10H2,1-2H3,(H,19,24)(H2,20,21,22,23)/t14-/m0/s1. The van der Waals surface area contributed by atoms with E-state index in [0.29, 0.717) is 17.2 Å². The highest BCUT2D eigenvalue weighted by atomic mass is 32.1. The average molecular weight is 356 g/mol. The summed E-state index contributed by atoms with van der Waals surface area (Å²) in [5, 5.41) is 7.43. The van der Waals surface area contributed by atoms with Crippen LogP contribution in [0.15, 0.2) is 41.8 Å². The molecule has 0 radical (unpaired) electrons. The summed E-state index contributed by atoms with van der Waals surface area (Å²) in [6, 6.07) is 10.5. The molecule has 2 heterocycles. The second kappa shape index (κ2) is 7.48. The first-order valence-corrected chi connectivity index (χ1v) is 9.01. The van der Waals surface area contributed by atoms with Crippen molar-refractivity contribution in [2.75, 3.05) is 5.32 Å². The number of carbonyl (C=O) groups excluding carboxylic acids is 2. The summed E-state index contributed by atoms with van der Waals surface area (Å²) in [7, 11) is 0. The number of imidazole rings is 1. The molecule has 2 amide bonds. The molecule has 7 heteroatoms. The van der Waals surface area contributed by atoms with Gasteiger partial charge in [0.25, 0.3) is 5.91 Å². The molecule has 6 nitrogen and oxygen atoms in total.